The van der Waals surface area contributed by atoms with Gasteiger partial charge in [-0.2, -0.15) is 9.65 Å². The molecule has 1 aromatic heterocycles. The summed E-state index contributed by atoms with van der Waals surface area (Å²) >= 11 is 3.87. The van der Waals surface area contributed by atoms with Gasteiger partial charge in [0.2, 0.25) is 5.95 Å². The van der Waals surface area contributed by atoms with Gasteiger partial charge >= 0.3 is 0 Å². The van der Waals surface area contributed by atoms with E-state index in [0.29, 0.717) is 8.86 Å². The summed E-state index contributed by atoms with van der Waals surface area (Å²) in [5, 5.41) is 8.50. The van der Waals surface area contributed by atoms with Crippen LogP contribution in [0.15, 0.2) is 0 Å². The molecule has 0 bridgehead atoms. The minimum Gasteiger partial charge on any atom is -0.205 e. The maximum atomic E-state index is 13.4. The Hall–Kier alpha value is -0.0400. The van der Waals surface area contributed by atoms with Crippen molar-refractivity contribution in [3.63, 3.8) is 0 Å². The molecule has 1 aromatic rings. The van der Waals surface area contributed by atoms with E-state index in [1.54, 1.807) is 0 Å². The van der Waals surface area contributed by atoms with Gasteiger partial charge in [-0.15, -0.1) is 0 Å². The summed E-state index contributed by atoms with van der Waals surface area (Å²) < 4.78 is 27.3. The zero-order valence-corrected chi connectivity index (χ0v) is 11.1. The molecule has 0 fully saturated rings. The highest BCUT2D eigenvalue weighted by Gasteiger charge is 2.18. The third-order valence-electron chi connectivity index (χ3n) is 1.67. The van der Waals surface area contributed by atoms with Crippen molar-refractivity contribution in [3.8, 4) is 6.07 Å². The van der Waals surface area contributed by atoms with Crippen molar-refractivity contribution in [2.45, 2.75) is 8.86 Å². The van der Waals surface area contributed by atoms with E-state index in [9.17, 15) is 8.78 Å². The van der Waals surface area contributed by atoms with Gasteiger partial charge in [-0.1, -0.05) is 45.2 Å². The highest BCUT2D eigenvalue weighted by atomic mass is 127. The number of hydrogen-bond acceptors (Lipinski definition) is 2. The van der Waals surface area contributed by atoms with Gasteiger partial charge in [0.1, 0.15) is 6.07 Å². The smallest absolute Gasteiger partial charge is 0.205 e. The molecule has 0 aromatic carbocycles. The summed E-state index contributed by atoms with van der Waals surface area (Å²) in [6.45, 7) is 0. The Labute approximate surface area is 107 Å². The average molecular weight is 420 g/mol. The minimum absolute atomic E-state index is 0.240. The van der Waals surface area contributed by atoms with Crippen molar-refractivity contribution >= 4 is 45.2 Å². The van der Waals surface area contributed by atoms with E-state index in [1.165, 1.54) is 6.07 Å². The van der Waals surface area contributed by atoms with Crippen molar-refractivity contribution in [2.75, 3.05) is 0 Å². The number of hydrogen-bond donors (Lipinski definition) is 0. The van der Waals surface area contributed by atoms with Gasteiger partial charge < -0.3 is 0 Å². The third kappa shape index (κ3) is 2.13. The number of pyridine rings is 1. The maximum Gasteiger partial charge on any atom is 0.218 e. The predicted octanol–water partition coefficient (Wildman–Crippen LogP) is 3.10. The molecule has 0 atom stereocenters. The first kappa shape index (κ1) is 12.0. The van der Waals surface area contributed by atoms with Crippen LogP contribution in [0.4, 0.5) is 8.78 Å². The molecule has 6 heteroatoms. The molecular formula is C8H4F2I2N2. The largest absolute Gasteiger partial charge is 0.218 e. The quantitative estimate of drug-likeness (QED) is 0.419. The Morgan fingerprint density at radius 3 is 2.21 bits per heavy atom. The molecule has 14 heavy (non-hydrogen) atoms. The Morgan fingerprint density at radius 1 is 1.21 bits per heavy atom. The molecule has 0 amide bonds. The number of nitrogens with zero attached hydrogens (tertiary/aromatic N) is 2. The van der Waals surface area contributed by atoms with Crippen LogP contribution in [-0.2, 0) is 8.86 Å². The van der Waals surface area contributed by atoms with E-state index in [0.717, 1.165) is 0 Å². The second-order valence-electron chi connectivity index (χ2n) is 2.40. The number of aromatic nitrogens is 1. The Kier molecular flexibility index (Phi) is 4.43. The monoisotopic (exact) mass is 420 g/mol. The molecule has 0 aliphatic rings. The van der Waals surface area contributed by atoms with Gasteiger partial charge in [-0.25, -0.2) is 9.37 Å². The van der Waals surface area contributed by atoms with Gasteiger partial charge in [0, 0.05) is 20.0 Å². The van der Waals surface area contributed by atoms with Crippen LogP contribution in [0.5, 0.6) is 0 Å². The Bertz CT molecular complexity index is 398. The first-order valence-electron chi connectivity index (χ1n) is 3.54. The van der Waals surface area contributed by atoms with Crippen LogP contribution in [0.2, 0.25) is 0 Å². The van der Waals surface area contributed by atoms with Crippen LogP contribution in [0.25, 0.3) is 0 Å². The van der Waals surface area contributed by atoms with Crippen LogP contribution in [0.3, 0.4) is 0 Å². The van der Waals surface area contributed by atoms with Gasteiger partial charge in [-0.3, -0.25) is 0 Å². The minimum atomic E-state index is -0.746. The number of nitriles is 1. The molecule has 0 saturated heterocycles. The lowest BCUT2D eigenvalue weighted by Crippen LogP contribution is -2.05. The van der Waals surface area contributed by atoms with E-state index >= 15 is 0 Å². The van der Waals surface area contributed by atoms with Gasteiger partial charge in [-0.05, 0) is 0 Å². The second-order valence-corrected chi connectivity index (χ2v) is 3.93. The molecule has 74 valence electrons. The lowest BCUT2D eigenvalue weighted by atomic mass is 10.1. The summed E-state index contributed by atoms with van der Waals surface area (Å²) in [6, 6.07) is 1.53. The number of alkyl halides is 2. The fourth-order valence-electron chi connectivity index (χ4n) is 0.964. The van der Waals surface area contributed by atoms with Crippen LogP contribution in [0, 0.1) is 23.1 Å². The molecular weight excluding hydrogens is 416 g/mol. The molecule has 0 saturated carbocycles. The predicted molar refractivity (Wildman–Crippen MR) is 64.3 cm³/mol. The van der Waals surface area contributed by atoms with E-state index < -0.39 is 17.5 Å². The Morgan fingerprint density at radius 2 is 1.79 bits per heavy atom. The number of halogens is 4. The van der Waals surface area contributed by atoms with E-state index in [2.05, 4.69) is 4.98 Å². The fourth-order valence-corrected chi connectivity index (χ4v) is 2.53. The van der Waals surface area contributed by atoms with Crippen molar-refractivity contribution < 1.29 is 8.78 Å². The summed E-state index contributed by atoms with van der Waals surface area (Å²) in [7, 11) is 0. The van der Waals surface area contributed by atoms with Gasteiger partial charge in [0.05, 0.1) is 0 Å². The lowest BCUT2D eigenvalue weighted by molar-refractivity contribution is 0.540. The first-order valence-corrected chi connectivity index (χ1v) is 6.59. The average Bonchev–Trinajstić information content (AvgIpc) is 2.20. The summed E-state index contributed by atoms with van der Waals surface area (Å²) in [5.74, 6) is -1.45. The normalized spacial score (nSPS) is 9.93. The first-order chi connectivity index (χ1) is 6.65. The van der Waals surface area contributed by atoms with E-state index in [1.807, 2.05) is 45.2 Å². The highest BCUT2D eigenvalue weighted by Crippen LogP contribution is 2.23. The molecule has 0 aliphatic carbocycles. The summed E-state index contributed by atoms with van der Waals surface area (Å²) in [5.41, 5.74) is 0.0170. The summed E-state index contributed by atoms with van der Waals surface area (Å²) in [4.78, 5) is 3.26. The zero-order chi connectivity index (χ0) is 10.7. The molecule has 2 nitrogen and oxygen atoms in total. The Balaban J connectivity index is 3.50. The molecule has 0 unspecified atom stereocenters. The van der Waals surface area contributed by atoms with Crippen LogP contribution in [-0.4, -0.2) is 4.98 Å². The van der Waals surface area contributed by atoms with Crippen molar-refractivity contribution in [1.82, 2.24) is 4.98 Å². The van der Waals surface area contributed by atoms with Crippen LogP contribution < -0.4 is 0 Å². The molecule has 1 rings (SSSR count). The third-order valence-corrected chi connectivity index (χ3v) is 3.19. The van der Waals surface area contributed by atoms with Crippen molar-refractivity contribution in [2.24, 2.45) is 0 Å². The maximum absolute atomic E-state index is 13.4. The zero-order valence-electron chi connectivity index (χ0n) is 6.82. The van der Waals surface area contributed by atoms with Gasteiger partial charge in [0.25, 0.3) is 0 Å². The van der Waals surface area contributed by atoms with Crippen LogP contribution >= 0.6 is 45.2 Å². The second kappa shape index (κ2) is 5.16. The molecule has 0 aliphatic heterocycles. The SMILES string of the molecule is N#Cc1nc(F)c(CI)c(CI)c1F. The fraction of sp³-hybridized carbons (Fsp3) is 0.250. The standard InChI is InChI=1S/C8H4F2I2N2/c9-7-4(1-11)5(2-12)8(10)14-6(7)3-13/h1-2H2. The lowest BCUT2D eigenvalue weighted by Gasteiger charge is -2.06. The molecule has 1 heterocycles. The summed E-state index contributed by atoms with van der Waals surface area (Å²) in [6.07, 6.45) is 0. The molecule has 0 N–H and O–H groups in total. The van der Waals surface area contributed by atoms with Crippen LogP contribution in [0.1, 0.15) is 16.8 Å². The number of rotatable bonds is 2. The molecule has 0 radical (unpaired) electrons. The van der Waals surface area contributed by atoms with Gasteiger partial charge in [0.15, 0.2) is 11.5 Å². The van der Waals surface area contributed by atoms with E-state index in [4.69, 9.17) is 5.26 Å². The van der Waals surface area contributed by atoms with Crippen molar-refractivity contribution in [1.29, 1.82) is 5.26 Å². The van der Waals surface area contributed by atoms with Crippen molar-refractivity contribution in [3.05, 3.63) is 28.6 Å². The topological polar surface area (TPSA) is 36.7 Å². The van der Waals surface area contributed by atoms with E-state index in [-0.39, 0.29) is 11.1 Å². The highest BCUT2D eigenvalue weighted by molar-refractivity contribution is 14.1. The molecule has 0 spiro atoms.